The van der Waals surface area contributed by atoms with Crippen LogP contribution in [0.15, 0.2) is 18.2 Å². The van der Waals surface area contributed by atoms with E-state index < -0.39 is 0 Å². The molecule has 1 unspecified atom stereocenters. The number of hydrogen-bond acceptors (Lipinski definition) is 2. The third-order valence-electron chi connectivity index (χ3n) is 2.86. The Morgan fingerprint density at radius 3 is 2.58 bits per heavy atom. The van der Waals surface area contributed by atoms with Gasteiger partial charge in [-0.1, -0.05) is 17.7 Å². The van der Waals surface area contributed by atoms with Crippen LogP contribution in [0.4, 0.5) is 0 Å². The van der Waals surface area contributed by atoms with Crippen molar-refractivity contribution in [3.05, 3.63) is 28.8 Å². The molecule has 0 heterocycles. The average Bonchev–Trinajstić information content (AvgIpc) is 2.27. The van der Waals surface area contributed by atoms with E-state index in [-0.39, 0.29) is 11.6 Å². The second-order valence-electron chi connectivity index (χ2n) is 6.18. The average molecular weight is 284 g/mol. The molecule has 0 aliphatic carbocycles. The Morgan fingerprint density at radius 2 is 2.00 bits per heavy atom. The van der Waals surface area contributed by atoms with Crippen molar-refractivity contribution in [2.24, 2.45) is 0 Å². The fraction of sp³-hybridized carbons (Fsp3) is 0.625. The van der Waals surface area contributed by atoms with Gasteiger partial charge in [0.25, 0.3) is 0 Å². The van der Waals surface area contributed by atoms with Crippen molar-refractivity contribution in [2.75, 3.05) is 6.54 Å². The minimum absolute atomic E-state index is 0.182. The monoisotopic (exact) mass is 283 g/mol. The molecule has 0 radical (unpaired) electrons. The molecule has 0 bridgehead atoms. The third kappa shape index (κ3) is 6.84. The smallest absolute Gasteiger partial charge is 0.138 e. The highest BCUT2D eigenvalue weighted by Gasteiger charge is 2.10. The number of benzene rings is 1. The summed E-state index contributed by atoms with van der Waals surface area (Å²) in [6.07, 6.45) is 2.30. The Morgan fingerprint density at radius 1 is 1.32 bits per heavy atom. The molecule has 19 heavy (non-hydrogen) atoms. The largest absolute Gasteiger partial charge is 0.489 e. The van der Waals surface area contributed by atoms with E-state index in [1.165, 1.54) is 0 Å². The zero-order valence-electron chi connectivity index (χ0n) is 12.7. The Hall–Kier alpha value is -0.730. The van der Waals surface area contributed by atoms with E-state index >= 15 is 0 Å². The van der Waals surface area contributed by atoms with Gasteiger partial charge in [0.2, 0.25) is 0 Å². The SMILES string of the molecule is Cc1ccc(OC(C)CCCNC(C)(C)C)c(Cl)c1. The van der Waals surface area contributed by atoms with Crippen LogP contribution in [0.2, 0.25) is 5.02 Å². The predicted molar refractivity (Wildman–Crippen MR) is 83.3 cm³/mol. The molecule has 108 valence electrons. The molecule has 1 aromatic rings. The lowest BCUT2D eigenvalue weighted by Crippen LogP contribution is -2.36. The van der Waals surface area contributed by atoms with Gasteiger partial charge in [0.1, 0.15) is 5.75 Å². The normalized spacial score (nSPS) is 13.4. The van der Waals surface area contributed by atoms with Crippen LogP contribution in [-0.2, 0) is 0 Å². The predicted octanol–water partition coefficient (Wildman–Crippen LogP) is 4.58. The Bertz CT molecular complexity index is 398. The molecule has 0 aromatic heterocycles. The highest BCUT2D eigenvalue weighted by atomic mass is 35.5. The molecule has 0 spiro atoms. The van der Waals surface area contributed by atoms with Crippen molar-refractivity contribution >= 4 is 11.6 Å². The minimum atomic E-state index is 0.182. The molecule has 0 saturated carbocycles. The van der Waals surface area contributed by atoms with Crippen LogP contribution in [0.3, 0.4) is 0 Å². The number of nitrogens with one attached hydrogen (secondary N) is 1. The molecule has 1 aromatic carbocycles. The first-order chi connectivity index (χ1) is 8.78. The molecule has 2 nitrogen and oxygen atoms in total. The van der Waals surface area contributed by atoms with Crippen molar-refractivity contribution in [1.82, 2.24) is 5.32 Å². The van der Waals surface area contributed by atoms with Crippen LogP contribution >= 0.6 is 11.6 Å². The number of hydrogen-bond donors (Lipinski definition) is 1. The van der Waals surface area contributed by atoms with Gasteiger partial charge in [-0.3, -0.25) is 0 Å². The van der Waals surface area contributed by atoms with Gasteiger partial charge in [-0.25, -0.2) is 0 Å². The maximum absolute atomic E-state index is 6.16. The lowest BCUT2D eigenvalue weighted by Gasteiger charge is -2.21. The van der Waals surface area contributed by atoms with E-state index in [2.05, 4.69) is 33.0 Å². The van der Waals surface area contributed by atoms with Gasteiger partial charge >= 0.3 is 0 Å². The summed E-state index contributed by atoms with van der Waals surface area (Å²) in [6, 6.07) is 5.90. The van der Waals surface area contributed by atoms with E-state index in [1.807, 2.05) is 25.1 Å². The molecule has 0 aliphatic rings. The zero-order valence-corrected chi connectivity index (χ0v) is 13.5. The van der Waals surface area contributed by atoms with Crippen LogP contribution in [0.1, 0.15) is 46.1 Å². The minimum Gasteiger partial charge on any atom is -0.489 e. The van der Waals surface area contributed by atoms with Crippen LogP contribution in [0.5, 0.6) is 5.75 Å². The first kappa shape index (κ1) is 16.3. The Balaban J connectivity index is 2.33. The van der Waals surface area contributed by atoms with Crippen molar-refractivity contribution in [3.63, 3.8) is 0 Å². The molecule has 1 rings (SSSR count). The number of aryl methyl sites for hydroxylation is 1. The van der Waals surface area contributed by atoms with Crippen molar-refractivity contribution in [3.8, 4) is 5.75 Å². The molecular formula is C16H26ClNO. The second-order valence-corrected chi connectivity index (χ2v) is 6.59. The van der Waals surface area contributed by atoms with Gasteiger partial charge in [0, 0.05) is 5.54 Å². The van der Waals surface area contributed by atoms with Gasteiger partial charge in [-0.2, -0.15) is 0 Å². The maximum atomic E-state index is 6.16. The Labute approximate surface area is 122 Å². The highest BCUT2D eigenvalue weighted by Crippen LogP contribution is 2.26. The third-order valence-corrected chi connectivity index (χ3v) is 3.15. The van der Waals surface area contributed by atoms with E-state index in [4.69, 9.17) is 16.3 Å². The van der Waals surface area contributed by atoms with Gasteiger partial charge in [-0.15, -0.1) is 0 Å². The summed E-state index contributed by atoms with van der Waals surface area (Å²) in [7, 11) is 0. The molecule has 0 aliphatic heterocycles. The van der Waals surface area contributed by atoms with Crippen LogP contribution in [-0.4, -0.2) is 18.2 Å². The molecule has 1 N–H and O–H groups in total. The van der Waals surface area contributed by atoms with Crippen molar-refractivity contribution < 1.29 is 4.74 Å². The van der Waals surface area contributed by atoms with E-state index in [0.717, 1.165) is 30.7 Å². The standard InChI is InChI=1S/C16H26ClNO/c1-12-8-9-15(14(17)11-12)19-13(2)7-6-10-18-16(3,4)5/h8-9,11,13,18H,6-7,10H2,1-5H3. The summed E-state index contributed by atoms with van der Waals surface area (Å²) >= 11 is 6.16. The number of ether oxygens (including phenoxy) is 1. The molecule has 3 heteroatoms. The highest BCUT2D eigenvalue weighted by molar-refractivity contribution is 6.32. The molecule has 0 fully saturated rings. The summed E-state index contributed by atoms with van der Waals surface area (Å²) in [4.78, 5) is 0. The summed E-state index contributed by atoms with van der Waals surface area (Å²) in [5.41, 5.74) is 1.34. The van der Waals surface area contributed by atoms with E-state index in [9.17, 15) is 0 Å². The van der Waals surface area contributed by atoms with Crippen LogP contribution in [0, 0.1) is 6.92 Å². The van der Waals surface area contributed by atoms with Crippen LogP contribution in [0.25, 0.3) is 0 Å². The van der Waals surface area contributed by atoms with Gasteiger partial charge in [-0.05, 0) is 71.7 Å². The first-order valence-corrected chi connectivity index (χ1v) is 7.33. The molecular weight excluding hydrogens is 258 g/mol. The van der Waals surface area contributed by atoms with Crippen molar-refractivity contribution in [1.29, 1.82) is 0 Å². The summed E-state index contributed by atoms with van der Waals surface area (Å²) in [5.74, 6) is 0.781. The van der Waals surface area contributed by atoms with Gasteiger partial charge in [0.15, 0.2) is 0 Å². The zero-order chi connectivity index (χ0) is 14.5. The summed E-state index contributed by atoms with van der Waals surface area (Å²) in [6.45, 7) is 11.7. The quantitative estimate of drug-likeness (QED) is 0.772. The fourth-order valence-electron chi connectivity index (χ4n) is 1.83. The van der Waals surface area contributed by atoms with Gasteiger partial charge in [0.05, 0.1) is 11.1 Å². The van der Waals surface area contributed by atoms with E-state index in [1.54, 1.807) is 0 Å². The number of halogens is 1. The first-order valence-electron chi connectivity index (χ1n) is 6.96. The Kier molecular flexibility index (Phi) is 6.15. The molecule has 0 saturated heterocycles. The maximum Gasteiger partial charge on any atom is 0.138 e. The molecule has 1 atom stereocenters. The van der Waals surface area contributed by atoms with Crippen molar-refractivity contribution in [2.45, 2.75) is 59.1 Å². The van der Waals surface area contributed by atoms with Gasteiger partial charge < -0.3 is 10.1 Å². The molecule has 0 amide bonds. The fourth-order valence-corrected chi connectivity index (χ4v) is 2.11. The lowest BCUT2D eigenvalue weighted by molar-refractivity contribution is 0.206. The second kappa shape index (κ2) is 7.16. The topological polar surface area (TPSA) is 21.3 Å². The summed E-state index contributed by atoms with van der Waals surface area (Å²) in [5, 5.41) is 4.17. The number of rotatable bonds is 6. The van der Waals surface area contributed by atoms with Crippen LogP contribution < -0.4 is 10.1 Å². The van der Waals surface area contributed by atoms with E-state index in [0.29, 0.717) is 5.02 Å². The summed E-state index contributed by atoms with van der Waals surface area (Å²) < 4.78 is 5.87. The lowest BCUT2D eigenvalue weighted by atomic mass is 10.1.